The van der Waals surface area contributed by atoms with E-state index in [2.05, 4.69) is 58.4 Å². The lowest BCUT2D eigenvalue weighted by Crippen LogP contribution is -2.38. The third kappa shape index (κ3) is 4.34. The van der Waals surface area contributed by atoms with Gasteiger partial charge in [-0.25, -0.2) is 0 Å². The first-order chi connectivity index (χ1) is 13.3. The normalized spacial score (nSPS) is 15.7. The standard InChI is InChI=1S/C23H24N2O2/c26-16-2-13-25-14-10-22(11-15-25)27-21-8-6-18(7-9-21)20-5-4-19-3-1-12-24-23(19)17-20/h1,3-9,12,16-17,22H,2,10-11,13-15H2. The molecule has 0 N–H and O–H groups in total. The van der Waals surface area contributed by atoms with E-state index in [1.54, 1.807) is 0 Å². The second-order valence-corrected chi connectivity index (χ2v) is 7.05. The van der Waals surface area contributed by atoms with Crippen LogP contribution in [0.15, 0.2) is 60.8 Å². The van der Waals surface area contributed by atoms with Crippen LogP contribution in [0.5, 0.6) is 5.75 Å². The van der Waals surface area contributed by atoms with Crippen LogP contribution < -0.4 is 4.74 Å². The van der Waals surface area contributed by atoms with Gasteiger partial charge in [0.05, 0.1) is 5.52 Å². The van der Waals surface area contributed by atoms with E-state index in [-0.39, 0.29) is 6.10 Å². The monoisotopic (exact) mass is 360 g/mol. The number of ether oxygens (including phenoxy) is 1. The molecule has 0 amide bonds. The zero-order chi connectivity index (χ0) is 18.5. The first-order valence-electron chi connectivity index (χ1n) is 9.60. The number of nitrogens with zero attached hydrogens (tertiary/aromatic N) is 2. The number of likely N-dealkylation sites (tertiary alicyclic amines) is 1. The number of hydrogen-bond acceptors (Lipinski definition) is 4. The van der Waals surface area contributed by atoms with Gasteiger partial charge in [0.1, 0.15) is 18.1 Å². The lowest BCUT2D eigenvalue weighted by Gasteiger charge is -2.31. The van der Waals surface area contributed by atoms with Crippen LogP contribution in [-0.2, 0) is 4.79 Å². The first kappa shape index (κ1) is 17.7. The van der Waals surface area contributed by atoms with Gasteiger partial charge in [-0.15, -0.1) is 0 Å². The Labute approximate surface area is 159 Å². The van der Waals surface area contributed by atoms with Gasteiger partial charge in [0, 0.05) is 37.6 Å². The Morgan fingerprint density at radius 3 is 2.59 bits per heavy atom. The highest BCUT2D eigenvalue weighted by Gasteiger charge is 2.20. The van der Waals surface area contributed by atoms with E-state index in [4.69, 9.17) is 4.74 Å². The van der Waals surface area contributed by atoms with Crippen molar-refractivity contribution in [3.8, 4) is 16.9 Å². The van der Waals surface area contributed by atoms with E-state index in [1.165, 1.54) is 5.56 Å². The van der Waals surface area contributed by atoms with E-state index < -0.39 is 0 Å². The molecule has 0 aliphatic carbocycles. The molecule has 4 heteroatoms. The van der Waals surface area contributed by atoms with Crippen molar-refractivity contribution in [2.45, 2.75) is 25.4 Å². The van der Waals surface area contributed by atoms with Crippen molar-refractivity contribution < 1.29 is 9.53 Å². The Hall–Kier alpha value is -2.72. The molecule has 1 saturated heterocycles. The number of carbonyl (C=O) groups is 1. The van der Waals surface area contributed by atoms with Gasteiger partial charge < -0.3 is 14.4 Å². The quantitative estimate of drug-likeness (QED) is 0.614. The number of fused-ring (bicyclic) bond motifs is 1. The highest BCUT2D eigenvalue weighted by atomic mass is 16.5. The Kier molecular flexibility index (Phi) is 5.45. The maximum atomic E-state index is 10.5. The van der Waals surface area contributed by atoms with Gasteiger partial charge in [-0.05, 0) is 48.2 Å². The summed E-state index contributed by atoms with van der Waals surface area (Å²) in [4.78, 5) is 17.3. The average molecular weight is 360 g/mol. The van der Waals surface area contributed by atoms with Gasteiger partial charge >= 0.3 is 0 Å². The molecule has 3 aromatic rings. The number of piperidine rings is 1. The number of rotatable bonds is 6. The molecule has 138 valence electrons. The molecule has 27 heavy (non-hydrogen) atoms. The fourth-order valence-corrected chi connectivity index (χ4v) is 3.65. The molecule has 0 bridgehead atoms. The molecule has 0 unspecified atom stereocenters. The van der Waals surface area contributed by atoms with Crippen molar-refractivity contribution in [1.29, 1.82) is 0 Å². The van der Waals surface area contributed by atoms with Gasteiger partial charge in [-0.1, -0.05) is 30.3 Å². The second kappa shape index (κ2) is 8.31. The highest BCUT2D eigenvalue weighted by molar-refractivity contribution is 5.84. The van der Waals surface area contributed by atoms with Crippen molar-refractivity contribution in [1.82, 2.24) is 9.88 Å². The minimum Gasteiger partial charge on any atom is -0.490 e. The van der Waals surface area contributed by atoms with Crippen LogP contribution >= 0.6 is 0 Å². The van der Waals surface area contributed by atoms with Crippen molar-refractivity contribution in [3.63, 3.8) is 0 Å². The molecular weight excluding hydrogens is 336 g/mol. The minimum atomic E-state index is 0.258. The van der Waals surface area contributed by atoms with Crippen LogP contribution in [0.25, 0.3) is 22.0 Å². The van der Waals surface area contributed by atoms with Gasteiger partial charge in [0.15, 0.2) is 0 Å². The SMILES string of the molecule is O=CCCN1CCC(Oc2ccc(-c3ccc4cccnc4c3)cc2)CC1. The fraction of sp³-hybridized carbons (Fsp3) is 0.304. The molecule has 2 heterocycles. The molecular formula is C23H24N2O2. The van der Waals surface area contributed by atoms with Crippen LogP contribution in [0.3, 0.4) is 0 Å². The van der Waals surface area contributed by atoms with Gasteiger partial charge in [0.2, 0.25) is 0 Å². The summed E-state index contributed by atoms with van der Waals surface area (Å²) in [6, 6.07) is 18.7. The van der Waals surface area contributed by atoms with E-state index in [1.807, 2.05) is 12.3 Å². The summed E-state index contributed by atoms with van der Waals surface area (Å²) >= 11 is 0. The highest BCUT2D eigenvalue weighted by Crippen LogP contribution is 2.26. The third-order valence-corrected chi connectivity index (χ3v) is 5.19. The molecule has 0 spiro atoms. The van der Waals surface area contributed by atoms with Crippen molar-refractivity contribution >= 4 is 17.2 Å². The van der Waals surface area contributed by atoms with Crippen LogP contribution in [0.1, 0.15) is 19.3 Å². The van der Waals surface area contributed by atoms with Gasteiger partial charge in [0.25, 0.3) is 0 Å². The molecule has 4 rings (SSSR count). The zero-order valence-electron chi connectivity index (χ0n) is 15.4. The Morgan fingerprint density at radius 1 is 1.04 bits per heavy atom. The number of aromatic nitrogens is 1. The van der Waals surface area contributed by atoms with Crippen molar-refractivity contribution in [2.24, 2.45) is 0 Å². The summed E-state index contributed by atoms with van der Waals surface area (Å²) in [7, 11) is 0. The molecule has 0 saturated carbocycles. The maximum absolute atomic E-state index is 10.5. The van der Waals surface area contributed by atoms with E-state index in [9.17, 15) is 4.79 Å². The van der Waals surface area contributed by atoms with Crippen LogP contribution in [0.4, 0.5) is 0 Å². The van der Waals surface area contributed by atoms with Crippen LogP contribution in [-0.4, -0.2) is 41.9 Å². The Morgan fingerprint density at radius 2 is 1.81 bits per heavy atom. The topological polar surface area (TPSA) is 42.4 Å². The van der Waals surface area contributed by atoms with E-state index >= 15 is 0 Å². The van der Waals surface area contributed by atoms with E-state index in [0.717, 1.165) is 61.0 Å². The smallest absolute Gasteiger partial charge is 0.121 e. The van der Waals surface area contributed by atoms with E-state index in [0.29, 0.717) is 6.42 Å². The predicted molar refractivity (Wildman–Crippen MR) is 108 cm³/mol. The lowest BCUT2D eigenvalue weighted by molar-refractivity contribution is -0.108. The van der Waals surface area contributed by atoms with Crippen molar-refractivity contribution in [2.75, 3.05) is 19.6 Å². The van der Waals surface area contributed by atoms with Crippen molar-refractivity contribution in [3.05, 3.63) is 60.8 Å². The Balaban J connectivity index is 1.38. The Bertz CT molecular complexity index is 900. The lowest BCUT2D eigenvalue weighted by atomic mass is 10.0. The number of pyridine rings is 1. The predicted octanol–water partition coefficient (Wildman–Crippen LogP) is 4.33. The summed E-state index contributed by atoms with van der Waals surface area (Å²) in [5.74, 6) is 0.920. The summed E-state index contributed by atoms with van der Waals surface area (Å²) in [5, 5.41) is 1.15. The molecule has 1 aromatic heterocycles. The number of benzene rings is 2. The number of aldehydes is 1. The molecule has 4 nitrogen and oxygen atoms in total. The van der Waals surface area contributed by atoms with Gasteiger partial charge in [-0.3, -0.25) is 4.98 Å². The molecule has 2 aromatic carbocycles. The second-order valence-electron chi connectivity index (χ2n) is 7.05. The zero-order valence-corrected chi connectivity index (χ0v) is 15.4. The first-order valence-corrected chi connectivity index (χ1v) is 9.60. The molecule has 1 fully saturated rings. The average Bonchev–Trinajstić information content (AvgIpc) is 2.73. The molecule has 1 aliphatic rings. The summed E-state index contributed by atoms with van der Waals surface area (Å²) < 4.78 is 6.16. The number of carbonyl (C=O) groups excluding carboxylic acids is 1. The number of hydrogen-bond donors (Lipinski definition) is 0. The summed E-state index contributed by atoms with van der Waals surface area (Å²) in [6.45, 7) is 2.87. The minimum absolute atomic E-state index is 0.258. The summed E-state index contributed by atoms with van der Waals surface area (Å²) in [6.07, 6.45) is 5.72. The molecule has 1 aliphatic heterocycles. The van der Waals surface area contributed by atoms with Gasteiger partial charge in [-0.2, -0.15) is 0 Å². The third-order valence-electron chi connectivity index (χ3n) is 5.19. The largest absolute Gasteiger partial charge is 0.490 e. The summed E-state index contributed by atoms with van der Waals surface area (Å²) in [5.41, 5.74) is 3.34. The fourth-order valence-electron chi connectivity index (χ4n) is 3.65. The molecule has 0 atom stereocenters. The molecule has 0 radical (unpaired) electrons. The van der Waals surface area contributed by atoms with Crippen LogP contribution in [0, 0.1) is 0 Å². The van der Waals surface area contributed by atoms with Crippen LogP contribution in [0.2, 0.25) is 0 Å². The maximum Gasteiger partial charge on any atom is 0.121 e.